The van der Waals surface area contributed by atoms with Gasteiger partial charge in [-0.25, -0.2) is 4.98 Å². The van der Waals surface area contributed by atoms with Gasteiger partial charge in [0.05, 0.1) is 24.6 Å². The molecule has 0 fully saturated rings. The van der Waals surface area contributed by atoms with E-state index in [1.165, 1.54) is 0 Å². The molecule has 0 radical (unpaired) electrons. The molecule has 2 rings (SSSR count). The summed E-state index contributed by atoms with van der Waals surface area (Å²) in [6.07, 6.45) is 4.38. The fraction of sp³-hybridized carbons (Fsp3) is 0.500. The zero-order chi connectivity index (χ0) is 11.4. The van der Waals surface area contributed by atoms with Crippen LogP contribution in [0.15, 0.2) is 16.8 Å². The Kier molecular flexibility index (Phi) is 3.31. The van der Waals surface area contributed by atoms with Crippen molar-refractivity contribution in [2.75, 3.05) is 0 Å². The van der Waals surface area contributed by atoms with Gasteiger partial charge in [0.15, 0.2) is 0 Å². The Hall–Kier alpha value is -1.69. The number of hydrogen-bond donors (Lipinski definition) is 1. The van der Waals surface area contributed by atoms with E-state index in [0.717, 1.165) is 17.9 Å². The normalized spacial score (nSPS) is 10.9. The van der Waals surface area contributed by atoms with Crippen molar-refractivity contribution in [1.29, 1.82) is 0 Å². The van der Waals surface area contributed by atoms with Crippen molar-refractivity contribution in [3.63, 3.8) is 0 Å². The molecular weight excluding hydrogens is 206 g/mol. The first kappa shape index (κ1) is 10.8. The molecule has 0 atom stereocenters. The lowest BCUT2D eigenvalue weighted by molar-refractivity contribution is 0.436. The lowest BCUT2D eigenvalue weighted by Gasteiger charge is -2.01. The molecule has 0 amide bonds. The number of hydrogen-bond acceptors (Lipinski definition) is 5. The Morgan fingerprint density at radius 3 is 2.88 bits per heavy atom. The molecular formula is C10H15N5O. The molecule has 2 aromatic rings. The molecule has 0 bridgehead atoms. The van der Waals surface area contributed by atoms with Crippen molar-refractivity contribution in [3.05, 3.63) is 29.7 Å². The van der Waals surface area contributed by atoms with Crippen LogP contribution in [0.1, 0.15) is 24.3 Å². The summed E-state index contributed by atoms with van der Waals surface area (Å²) < 4.78 is 7.21. The smallest absolute Gasteiger partial charge is 0.208 e. The number of nitrogens with one attached hydrogen (secondary N) is 1. The average Bonchev–Trinajstić information content (AvgIpc) is 2.89. The molecule has 86 valence electrons. The van der Waals surface area contributed by atoms with Gasteiger partial charge in [-0.15, -0.1) is 5.10 Å². The van der Waals surface area contributed by atoms with Gasteiger partial charge in [0.1, 0.15) is 5.76 Å². The number of aromatic nitrogens is 4. The van der Waals surface area contributed by atoms with Crippen molar-refractivity contribution in [3.8, 4) is 0 Å². The standard InChI is InChI=1S/C10H15N5O/c1-3-9-6-12-10(16-9)7-11-4-8-5-13-14-15(8)2/h5-6,11H,3-4,7H2,1-2H3. The summed E-state index contributed by atoms with van der Waals surface area (Å²) in [5, 5.41) is 10.9. The Balaban J connectivity index is 1.82. The molecule has 0 saturated heterocycles. The van der Waals surface area contributed by atoms with Gasteiger partial charge in [-0.1, -0.05) is 12.1 Å². The summed E-state index contributed by atoms with van der Waals surface area (Å²) in [6, 6.07) is 0. The van der Waals surface area contributed by atoms with E-state index in [0.29, 0.717) is 19.0 Å². The van der Waals surface area contributed by atoms with Crippen molar-refractivity contribution in [2.24, 2.45) is 7.05 Å². The Morgan fingerprint density at radius 2 is 2.25 bits per heavy atom. The predicted molar refractivity (Wildman–Crippen MR) is 57.4 cm³/mol. The molecule has 1 N–H and O–H groups in total. The van der Waals surface area contributed by atoms with Crippen LogP contribution in [-0.4, -0.2) is 20.0 Å². The van der Waals surface area contributed by atoms with Crippen molar-refractivity contribution in [2.45, 2.75) is 26.4 Å². The van der Waals surface area contributed by atoms with Crippen LogP contribution in [0.2, 0.25) is 0 Å². The second-order valence-corrected chi connectivity index (χ2v) is 3.53. The van der Waals surface area contributed by atoms with E-state index < -0.39 is 0 Å². The maximum atomic E-state index is 5.47. The summed E-state index contributed by atoms with van der Waals surface area (Å²) in [6.45, 7) is 3.36. The fourth-order valence-electron chi connectivity index (χ4n) is 1.36. The molecule has 6 heteroatoms. The number of oxazole rings is 1. The first-order valence-electron chi connectivity index (χ1n) is 5.27. The minimum absolute atomic E-state index is 0.616. The summed E-state index contributed by atoms with van der Waals surface area (Å²) >= 11 is 0. The van der Waals surface area contributed by atoms with Gasteiger partial charge in [0, 0.05) is 20.0 Å². The Morgan fingerprint density at radius 1 is 1.38 bits per heavy atom. The summed E-state index contributed by atoms with van der Waals surface area (Å²) in [4.78, 5) is 4.16. The molecule has 0 aromatic carbocycles. The Bertz CT molecular complexity index is 448. The third-order valence-electron chi connectivity index (χ3n) is 2.34. The van der Waals surface area contributed by atoms with Gasteiger partial charge in [0.2, 0.25) is 5.89 Å². The highest BCUT2D eigenvalue weighted by Crippen LogP contribution is 2.03. The molecule has 0 aliphatic rings. The van der Waals surface area contributed by atoms with Crippen LogP contribution in [0.25, 0.3) is 0 Å². The van der Waals surface area contributed by atoms with Gasteiger partial charge in [-0.05, 0) is 0 Å². The quantitative estimate of drug-likeness (QED) is 0.803. The van der Waals surface area contributed by atoms with Crippen LogP contribution in [-0.2, 0) is 26.6 Å². The highest BCUT2D eigenvalue weighted by Gasteiger charge is 2.03. The lowest BCUT2D eigenvalue weighted by Crippen LogP contribution is -2.15. The van der Waals surface area contributed by atoms with Gasteiger partial charge in [0.25, 0.3) is 0 Å². The summed E-state index contributed by atoms with van der Waals surface area (Å²) in [5.41, 5.74) is 1.03. The van der Waals surface area contributed by atoms with Gasteiger partial charge in [-0.3, -0.25) is 4.68 Å². The third-order valence-corrected chi connectivity index (χ3v) is 2.34. The largest absolute Gasteiger partial charge is 0.444 e. The molecule has 2 aromatic heterocycles. The van der Waals surface area contributed by atoms with E-state index in [-0.39, 0.29) is 0 Å². The topological polar surface area (TPSA) is 68.8 Å². The molecule has 0 spiro atoms. The zero-order valence-electron chi connectivity index (χ0n) is 9.47. The predicted octanol–water partition coefficient (Wildman–Crippen LogP) is 0.655. The zero-order valence-corrected chi connectivity index (χ0v) is 9.47. The highest BCUT2D eigenvalue weighted by molar-refractivity contribution is 4.95. The maximum absolute atomic E-state index is 5.47. The molecule has 0 unspecified atom stereocenters. The monoisotopic (exact) mass is 221 g/mol. The fourth-order valence-corrected chi connectivity index (χ4v) is 1.36. The van der Waals surface area contributed by atoms with Gasteiger partial charge >= 0.3 is 0 Å². The van der Waals surface area contributed by atoms with Crippen molar-refractivity contribution < 1.29 is 4.42 Å². The van der Waals surface area contributed by atoms with Crippen LogP contribution in [0, 0.1) is 0 Å². The molecule has 0 saturated carbocycles. The Labute approximate surface area is 93.7 Å². The van der Waals surface area contributed by atoms with Crippen LogP contribution < -0.4 is 5.32 Å². The van der Waals surface area contributed by atoms with E-state index in [1.807, 2.05) is 14.0 Å². The van der Waals surface area contributed by atoms with E-state index in [2.05, 4.69) is 20.6 Å². The average molecular weight is 221 g/mol. The minimum Gasteiger partial charge on any atom is -0.444 e. The van der Waals surface area contributed by atoms with Crippen LogP contribution in [0.4, 0.5) is 0 Å². The van der Waals surface area contributed by atoms with Crippen LogP contribution in [0.3, 0.4) is 0 Å². The first-order valence-corrected chi connectivity index (χ1v) is 5.27. The van der Waals surface area contributed by atoms with Crippen molar-refractivity contribution in [1.82, 2.24) is 25.3 Å². The molecule has 0 aliphatic heterocycles. The molecule has 2 heterocycles. The second kappa shape index (κ2) is 4.89. The first-order chi connectivity index (χ1) is 7.79. The summed E-state index contributed by atoms with van der Waals surface area (Å²) in [5.74, 6) is 1.63. The van der Waals surface area contributed by atoms with E-state index in [4.69, 9.17) is 4.42 Å². The van der Waals surface area contributed by atoms with E-state index in [1.54, 1.807) is 17.1 Å². The minimum atomic E-state index is 0.616. The van der Waals surface area contributed by atoms with Crippen LogP contribution in [0.5, 0.6) is 0 Å². The van der Waals surface area contributed by atoms with Crippen LogP contribution >= 0.6 is 0 Å². The van der Waals surface area contributed by atoms with Gasteiger partial charge < -0.3 is 9.73 Å². The van der Waals surface area contributed by atoms with E-state index >= 15 is 0 Å². The number of rotatable bonds is 5. The molecule has 0 aliphatic carbocycles. The third kappa shape index (κ3) is 2.46. The van der Waals surface area contributed by atoms with Gasteiger partial charge in [-0.2, -0.15) is 0 Å². The molecule has 16 heavy (non-hydrogen) atoms. The van der Waals surface area contributed by atoms with Crippen molar-refractivity contribution >= 4 is 0 Å². The maximum Gasteiger partial charge on any atom is 0.208 e. The summed E-state index contributed by atoms with van der Waals surface area (Å²) in [7, 11) is 1.87. The molecule has 6 nitrogen and oxygen atoms in total. The van der Waals surface area contributed by atoms with E-state index in [9.17, 15) is 0 Å². The highest BCUT2D eigenvalue weighted by atomic mass is 16.4. The number of nitrogens with zero attached hydrogens (tertiary/aromatic N) is 4. The second-order valence-electron chi connectivity index (χ2n) is 3.53. The lowest BCUT2D eigenvalue weighted by atomic mass is 10.4. The number of aryl methyl sites for hydroxylation is 2. The SMILES string of the molecule is CCc1cnc(CNCc2cnnn2C)o1.